The first kappa shape index (κ1) is 20.4. The Hall–Kier alpha value is -3.47. The van der Waals surface area contributed by atoms with Crippen LogP contribution >= 0.6 is 11.3 Å². The average molecular weight is 455 g/mol. The summed E-state index contributed by atoms with van der Waals surface area (Å²) in [7, 11) is 0. The molecule has 0 aliphatic carbocycles. The van der Waals surface area contributed by atoms with Crippen LogP contribution in [0, 0.1) is 11.1 Å². The number of fused-ring (bicyclic) bond motifs is 1. The Kier molecular flexibility index (Phi) is 4.85. The van der Waals surface area contributed by atoms with Crippen molar-refractivity contribution in [3.05, 3.63) is 51.4 Å². The van der Waals surface area contributed by atoms with Crippen molar-refractivity contribution < 1.29 is 23.9 Å². The quantitative estimate of drug-likeness (QED) is 0.473. The largest absolute Gasteiger partial charge is 0.359 e. The van der Waals surface area contributed by atoms with Crippen molar-refractivity contribution in [1.29, 1.82) is 0 Å². The minimum atomic E-state index is -0.983. The molecule has 2 aromatic heterocycles. The number of nitrogens with one attached hydrogen (secondary N) is 1. The number of urea groups is 1. The van der Waals surface area contributed by atoms with Gasteiger partial charge in [-0.05, 0) is 65.1 Å². The van der Waals surface area contributed by atoms with Crippen molar-refractivity contribution in [2.45, 2.75) is 31.8 Å². The number of piperidine rings is 1. The second kappa shape index (κ2) is 7.59. The molecule has 4 heterocycles. The number of benzene rings is 1. The number of imide groups is 1. The van der Waals surface area contributed by atoms with Gasteiger partial charge in [-0.3, -0.25) is 19.1 Å². The van der Waals surface area contributed by atoms with Crippen LogP contribution in [0.2, 0.25) is 0 Å². The highest BCUT2D eigenvalue weighted by Crippen LogP contribution is 2.34. The van der Waals surface area contributed by atoms with Crippen LogP contribution in [0.1, 0.15) is 35.7 Å². The molecule has 1 atom stereocenters. The molecule has 1 aromatic carbocycles. The van der Waals surface area contributed by atoms with Gasteiger partial charge in [0.2, 0.25) is 11.0 Å². The fourth-order valence-electron chi connectivity index (χ4n) is 4.55. The lowest BCUT2D eigenvalue weighted by Crippen LogP contribution is -2.54. The van der Waals surface area contributed by atoms with Crippen molar-refractivity contribution in [2.24, 2.45) is 5.92 Å². The Morgan fingerprint density at radius 2 is 2.12 bits per heavy atom. The lowest BCUT2D eigenvalue weighted by molar-refractivity contribution is -0.782. The van der Waals surface area contributed by atoms with E-state index in [1.807, 2.05) is 16.8 Å². The Morgan fingerprint density at radius 1 is 1.34 bits per heavy atom. The third-order valence-corrected chi connectivity index (χ3v) is 7.19. The second-order valence-electron chi connectivity index (χ2n) is 8.36. The van der Waals surface area contributed by atoms with E-state index in [2.05, 4.69) is 15.1 Å². The maximum atomic E-state index is 13.1. The number of hydrogen-bond donors (Lipinski definition) is 1. The van der Waals surface area contributed by atoms with Crippen molar-refractivity contribution in [3.63, 3.8) is 0 Å². The SMILES string of the molecule is CC1(C2CCN(C(=O)c3ccc4c(c3)no[n+]4[O-])CC2)NC(=O)N(Cc2ccsc2)C1=O. The number of hydrogen-bond acceptors (Lipinski definition) is 7. The number of likely N-dealkylation sites (tertiary alicyclic amines) is 1. The molecule has 2 aliphatic rings. The fourth-order valence-corrected chi connectivity index (χ4v) is 5.21. The fraction of sp³-hybridized carbons (Fsp3) is 0.381. The smallest absolute Gasteiger partial charge is 0.325 e. The van der Waals surface area contributed by atoms with E-state index in [1.165, 1.54) is 28.4 Å². The van der Waals surface area contributed by atoms with Gasteiger partial charge in [0.25, 0.3) is 11.8 Å². The van der Waals surface area contributed by atoms with E-state index in [1.54, 1.807) is 17.9 Å². The molecule has 0 radical (unpaired) electrons. The number of amides is 4. The molecule has 2 fully saturated rings. The minimum Gasteiger partial charge on any atom is -0.359 e. The topological polar surface area (TPSA) is 123 Å². The van der Waals surface area contributed by atoms with Gasteiger partial charge in [0.1, 0.15) is 5.54 Å². The van der Waals surface area contributed by atoms with E-state index >= 15 is 0 Å². The van der Waals surface area contributed by atoms with E-state index in [0.717, 1.165) is 5.56 Å². The molecule has 1 unspecified atom stereocenters. The van der Waals surface area contributed by atoms with Crippen LogP contribution in [-0.2, 0) is 11.3 Å². The molecule has 4 amide bonds. The van der Waals surface area contributed by atoms with Gasteiger partial charge >= 0.3 is 6.03 Å². The van der Waals surface area contributed by atoms with Crippen LogP contribution in [0.4, 0.5) is 4.79 Å². The molecule has 2 saturated heterocycles. The van der Waals surface area contributed by atoms with E-state index in [-0.39, 0.29) is 35.8 Å². The average Bonchev–Trinajstić information content (AvgIpc) is 3.50. The van der Waals surface area contributed by atoms with E-state index in [9.17, 15) is 19.6 Å². The lowest BCUT2D eigenvalue weighted by atomic mass is 9.78. The first-order chi connectivity index (χ1) is 15.4. The van der Waals surface area contributed by atoms with Crippen molar-refractivity contribution in [3.8, 4) is 0 Å². The van der Waals surface area contributed by atoms with Crippen LogP contribution in [0.3, 0.4) is 0 Å². The first-order valence-electron chi connectivity index (χ1n) is 10.3. The number of nitrogens with zero attached hydrogens (tertiary/aromatic N) is 4. The minimum absolute atomic E-state index is 0.0760. The molecule has 0 saturated carbocycles. The number of aromatic nitrogens is 2. The van der Waals surface area contributed by atoms with Gasteiger partial charge in [0, 0.05) is 29.9 Å². The number of rotatable bonds is 4. The normalized spacial score (nSPS) is 22.0. The van der Waals surface area contributed by atoms with Crippen molar-refractivity contribution >= 4 is 40.2 Å². The highest BCUT2D eigenvalue weighted by molar-refractivity contribution is 7.07. The molecule has 3 aromatic rings. The van der Waals surface area contributed by atoms with Crippen LogP contribution in [-0.4, -0.2) is 51.4 Å². The molecule has 2 aliphatic heterocycles. The zero-order valence-electron chi connectivity index (χ0n) is 17.3. The first-order valence-corrected chi connectivity index (χ1v) is 11.2. The van der Waals surface area contributed by atoms with Crippen LogP contribution in [0.25, 0.3) is 11.0 Å². The lowest BCUT2D eigenvalue weighted by Gasteiger charge is -2.38. The number of carbonyl (C=O) groups is 3. The zero-order valence-corrected chi connectivity index (χ0v) is 18.1. The Balaban J connectivity index is 1.26. The molecule has 32 heavy (non-hydrogen) atoms. The standard InChI is InChI=1S/C21H21N5O5S/c1-21(19(28)25(20(29)22-21)11-13-6-9-32-12-13)15-4-7-24(8-5-15)18(27)14-2-3-17-16(10-14)23-31-26(17)30/h2-3,6,9-10,12,15H,4-5,7-8,11H2,1H3,(H,22,29). The van der Waals surface area contributed by atoms with E-state index in [0.29, 0.717) is 41.9 Å². The Labute approximate surface area is 186 Å². The molecule has 166 valence electrons. The highest BCUT2D eigenvalue weighted by Gasteiger charge is 2.52. The van der Waals surface area contributed by atoms with Gasteiger partial charge in [-0.2, -0.15) is 11.3 Å². The van der Waals surface area contributed by atoms with Gasteiger partial charge in [0.15, 0.2) is 0 Å². The maximum Gasteiger partial charge on any atom is 0.325 e. The van der Waals surface area contributed by atoms with E-state index in [4.69, 9.17) is 0 Å². The molecule has 0 spiro atoms. The van der Waals surface area contributed by atoms with Crippen LogP contribution in [0.15, 0.2) is 39.7 Å². The molecule has 11 heteroatoms. The second-order valence-corrected chi connectivity index (χ2v) is 9.14. The number of thiophene rings is 1. The Bertz CT molecular complexity index is 1200. The van der Waals surface area contributed by atoms with Gasteiger partial charge in [-0.25, -0.2) is 4.79 Å². The summed E-state index contributed by atoms with van der Waals surface area (Å²) in [6.45, 7) is 2.96. The van der Waals surface area contributed by atoms with Gasteiger partial charge in [0.05, 0.1) is 6.54 Å². The monoisotopic (exact) mass is 455 g/mol. The van der Waals surface area contributed by atoms with Crippen LogP contribution in [0.5, 0.6) is 0 Å². The summed E-state index contributed by atoms with van der Waals surface area (Å²) >= 11 is 1.52. The van der Waals surface area contributed by atoms with E-state index < -0.39 is 5.54 Å². The molecule has 10 nitrogen and oxygen atoms in total. The van der Waals surface area contributed by atoms with Gasteiger partial charge in [-0.15, -0.1) is 0 Å². The Morgan fingerprint density at radius 3 is 2.84 bits per heavy atom. The summed E-state index contributed by atoms with van der Waals surface area (Å²) < 4.78 is 4.55. The molecule has 0 bridgehead atoms. The molecule has 1 N–H and O–H groups in total. The number of carbonyl (C=O) groups excluding carboxylic acids is 3. The molecular formula is C21H21N5O5S. The summed E-state index contributed by atoms with van der Waals surface area (Å²) in [4.78, 5) is 41.9. The summed E-state index contributed by atoms with van der Waals surface area (Å²) in [5, 5.41) is 21.8. The van der Waals surface area contributed by atoms with Gasteiger partial charge < -0.3 is 15.4 Å². The zero-order chi connectivity index (χ0) is 22.5. The summed E-state index contributed by atoms with van der Waals surface area (Å²) in [5.41, 5.74) is 0.941. The molecule has 5 rings (SSSR count). The van der Waals surface area contributed by atoms with Crippen molar-refractivity contribution in [2.75, 3.05) is 13.1 Å². The maximum absolute atomic E-state index is 13.1. The third kappa shape index (κ3) is 3.29. The van der Waals surface area contributed by atoms with Crippen LogP contribution < -0.4 is 10.2 Å². The summed E-state index contributed by atoms with van der Waals surface area (Å²) in [5.74, 6) is -0.467. The van der Waals surface area contributed by atoms with Gasteiger partial charge in [-0.1, -0.05) is 0 Å². The molecular weight excluding hydrogens is 434 g/mol. The summed E-state index contributed by atoms with van der Waals surface area (Å²) in [6, 6.07) is 6.14. The predicted molar refractivity (Wildman–Crippen MR) is 113 cm³/mol. The predicted octanol–water partition coefficient (Wildman–Crippen LogP) is 1.89. The van der Waals surface area contributed by atoms with Crippen molar-refractivity contribution in [1.82, 2.24) is 20.3 Å². The highest BCUT2D eigenvalue weighted by atomic mass is 32.1. The summed E-state index contributed by atoms with van der Waals surface area (Å²) in [6.07, 6.45) is 1.18. The third-order valence-electron chi connectivity index (χ3n) is 6.45.